The normalized spacial score (nSPS) is 13.8. The van der Waals surface area contributed by atoms with Crippen molar-refractivity contribution in [1.82, 2.24) is 0 Å². The smallest absolute Gasteiger partial charge is 0.0857 e. The maximum Gasteiger partial charge on any atom is 0.0857 e. The minimum Gasteiger partial charge on any atom is -0.376 e. The molecule has 0 fully saturated rings. The number of hydrogen-bond donors (Lipinski definition) is 0. The van der Waals surface area contributed by atoms with E-state index < -0.39 is 8.07 Å². The highest BCUT2D eigenvalue weighted by Gasteiger charge is 2.41. The minimum absolute atomic E-state index is 0.504. The summed E-state index contributed by atoms with van der Waals surface area (Å²) in [6.45, 7) is 24.6. The molecule has 0 aliphatic rings. The van der Waals surface area contributed by atoms with E-state index in [-0.39, 0.29) is 0 Å². The fourth-order valence-electron chi connectivity index (χ4n) is 4.71. The van der Waals surface area contributed by atoms with Gasteiger partial charge in [-0.05, 0) is 45.7 Å². The zero-order valence-electron chi connectivity index (χ0n) is 20.2. The van der Waals surface area contributed by atoms with Crippen LogP contribution in [0.25, 0.3) is 0 Å². The quantitative estimate of drug-likeness (QED) is 0.190. The topological polar surface area (TPSA) is 9.23 Å². The first kappa shape index (κ1) is 25.7. The monoisotopic (exact) mass is 412 g/mol. The highest BCUT2D eigenvalue weighted by molar-refractivity contribution is 6.88. The van der Waals surface area contributed by atoms with Crippen LogP contribution < -0.4 is 0 Å². The first-order valence-corrected chi connectivity index (χ1v) is 13.6. The van der Waals surface area contributed by atoms with Crippen LogP contribution in [0.2, 0.25) is 16.6 Å². The fourth-order valence-corrected chi connectivity index (χ4v) is 10.6. The molecule has 2 heteroatoms. The molecule has 0 saturated carbocycles. The van der Waals surface area contributed by atoms with Gasteiger partial charge in [-0.25, -0.2) is 0 Å². The van der Waals surface area contributed by atoms with E-state index in [0.29, 0.717) is 29.1 Å². The molecule has 0 spiro atoms. The van der Waals surface area contributed by atoms with Crippen LogP contribution in [0.4, 0.5) is 0 Å². The van der Waals surface area contributed by atoms with Gasteiger partial charge in [0.2, 0.25) is 0 Å². The number of hydrogen-bond acceptors (Lipinski definition) is 1. The van der Waals surface area contributed by atoms with E-state index in [1.54, 1.807) is 0 Å². The van der Waals surface area contributed by atoms with Crippen LogP contribution >= 0.6 is 0 Å². The second-order valence-electron chi connectivity index (χ2n) is 9.49. The Morgan fingerprint density at radius 1 is 0.931 bits per heavy atom. The highest BCUT2D eigenvalue weighted by atomic mass is 28.3. The van der Waals surface area contributed by atoms with Gasteiger partial charge in [0.05, 0.1) is 21.3 Å². The van der Waals surface area contributed by atoms with Crippen molar-refractivity contribution >= 4 is 8.07 Å². The molecule has 29 heavy (non-hydrogen) atoms. The van der Waals surface area contributed by atoms with Gasteiger partial charge >= 0.3 is 0 Å². The molecule has 0 unspecified atom stereocenters. The summed E-state index contributed by atoms with van der Waals surface area (Å²) in [6, 6.07) is 10.4. The van der Waals surface area contributed by atoms with Gasteiger partial charge in [-0.1, -0.05) is 110 Å². The average molecular weight is 413 g/mol. The lowest BCUT2D eigenvalue weighted by Gasteiger charge is -2.41. The molecule has 0 aliphatic carbocycles. The van der Waals surface area contributed by atoms with Gasteiger partial charge in [-0.15, -0.1) is 0 Å². The van der Waals surface area contributed by atoms with Crippen molar-refractivity contribution < 1.29 is 4.74 Å². The molecule has 0 amide bonds. The SMILES string of the molecule is C=CC(=C\C(C)C)/C(=C/[Si](C(C)C)(C(C)C)C(C)C)CCOCc1ccccc1. The van der Waals surface area contributed by atoms with Crippen molar-refractivity contribution in [2.45, 2.75) is 85.0 Å². The Balaban J connectivity index is 3.18. The molecule has 1 rings (SSSR count). The third-order valence-electron chi connectivity index (χ3n) is 6.16. The van der Waals surface area contributed by atoms with Crippen LogP contribution in [0.15, 0.2) is 65.9 Å². The Bertz CT molecular complexity index is 643. The lowest BCUT2D eigenvalue weighted by Crippen LogP contribution is -2.43. The Labute approximate surface area is 182 Å². The zero-order valence-corrected chi connectivity index (χ0v) is 21.2. The second kappa shape index (κ2) is 12.3. The Morgan fingerprint density at radius 3 is 1.93 bits per heavy atom. The predicted molar refractivity (Wildman–Crippen MR) is 133 cm³/mol. The third-order valence-corrected chi connectivity index (χ3v) is 13.0. The van der Waals surface area contributed by atoms with E-state index in [9.17, 15) is 0 Å². The third kappa shape index (κ3) is 7.42. The van der Waals surface area contributed by atoms with Gasteiger partial charge in [0.1, 0.15) is 0 Å². The Kier molecular flexibility index (Phi) is 10.9. The van der Waals surface area contributed by atoms with Gasteiger partial charge in [0.25, 0.3) is 0 Å². The summed E-state index contributed by atoms with van der Waals surface area (Å²) in [4.78, 5) is 0. The molecule has 0 radical (unpaired) electrons. The van der Waals surface area contributed by atoms with Crippen LogP contribution in [0.1, 0.15) is 67.4 Å². The second-order valence-corrected chi connectivity index (χ2v) is 15.2. The summed E-state index contributed by atoms with van der Waals surface area (Å²) in [5.74, 6) is 0.504. The van der Waals surface area contributed by atoms with E-state index in [2.05, 4.69) is 98.0 Å². The first-order chi connectivity index (χ1) is 13.6. The van der Waals surface area contributed by atoms with Crippen molar-refractivity contribution in [2.75, 3.05) is 6.61 Å². The summed E-state index contributed by atoms with van der Waals surface area (Å²) in [6.07, 6.45) is 5.34. The molecule has 1 nitrogen and oxygen atoms in total. The summed E-state index contributed by atoms with van der Waals surface area (Å²) in [5.41, 5.74) is 8.77. The van der Waals surface area contributed by atoms with Gasteiger partial charge in [-0.3, -0.25) is 0 Å². The maximum atomic E-state index is 6.06. The van der Waals surface area contributed by atoms with Gasteiger partial charge in [-0.2, -0.15) is 0 Å². The first-order valence-electron chi connectivity index (χ1n) is 11.3. The van der Waals surface area contributed by atoms with Crippen LogP contribution in [0.5, 0.6) is 0 Å². The van der Waals surface area contributed by atoms with Crippen LogP contribution in [0, 0.1) is 5.92 Å². The highest BCUT2D eigenvalue weighted by Crippen LogP contribution is 2.44. The predicted octanol–water partition coefficient (Wildman–Crippen LogP) is 8.51. The minimum atomic E-state index is -1.65. The average Bonchev–Trinajstić information content (AvgIpc) is 2.65. The lowest BCUT2D eigenvalue weighted by molar-refractivity contribution is 0.124. The molecular weight excluding hydrogens is 368 g/mol. The maximum absolute atomic E-state index is 6.06. The molecule has 0 saturated heterocycles. The molecule has 162 valence electrons. The van der Waals surface area contributed by atoms with Gasteiger partial charge in [0.15, 0.2) is 0 Å². The Morgan fingerprint density at radius 2 is 1.48 bits per heavy atom. The molecule has 0 aliphatic heterocycles. The van der Waals surface area contributed by atoms with Crippen LogP contribution in [0.3, 0.4) is 0 Å². The van der Waals surface area contributed by atoms with E-state index >= 15 is 0 Å². The summed E-state index contributed by atoms with van der Waals surface area (Å²) in [7, 11) is -1.65. The van der Waals surface area contributed by atoms with Crippen LogP contribution in [-0.4, -0.2) is 14.7 Å². The fraction of sp³-hybridized carbons (Fsp3) is 0.556. The Hall–Kier alpha value is -1.38. The van der Waals surface area contributed by atoms with Crippen molar-refractivity contribution in [3.63, 3.8) is 0 Å². The van der Waals surface area contributed by atoms with Crippen molar-refractivity contribution in [3.8, 4) is 0 Å². The van der Waals surface area contributed by atoms with Gasteiger partial charge in [0, 0.05) is 0 Å². The molecule has 0 heterocycles. The zero-order chi connectivity index (χ0) is 22.0. The van der Waals surface area contributed by atoms with E-state index in [0.717, 1.165) is 13.0 Å². The molecule has 0 atom stereocenters. The molecule has 0 bridgehead atoms. The largest absolute Gasteiger partial charge is 0.376 e. The number of ether oxygens (including phenoxy) is 1. The molecule has 1 aromatic rings. The molecule has 1 aromatic carbocycles. The van der Waals surface area contributed by atoms with Gasteiger partial charge < -0.3 is 4.74 Å². The van der Waals surface area contributed by atoms with E-state index in [1.807, 2.05) is 12.1 Å². The lowest BCUT2D eigenvalue weighted by atomic mass is 10.0. The number of allylic oxidation sites excluding steroid dienone is 3. The van der Waals surface area contributed by atoms with E-state index in [1.165, 1.54) is 16.7 Å². The molecule has 0 N–H and O–H groups in total. The van der Waals surface area contributed by atoms with Crippen molar-refractivity contribution in [3.05, 3.63) is 71.5 Å². The molecule has 0 aromatic heterocycles. The van der Waals surface area contributed by atoms with Crippen LogP contribution in [-0.2, 0) is 11.3 Å². The number of rotatable bonds is 12. The number of benzene rings is 1. The summed E-state index contributed by atoms with van der Waals surface area (Å²) >= 11 is 0. The standard InChI is InChI=1S/C27H44OSi/c1-10-26(18-21(2)3)27(16-17-28-19-25-14-12-11-13-15-25)20-29(22(4)5,23(6)7)24(8)9/h10-15,18,20-24H,1,16-17,19H2,2-9H3/b26-18+,27-20+. The molecular formula is C27H44OSi. The van der Waals surface area contributed by atoms with E-state index in [4.69, 9.17) is 4.74 Å². The summed E-state index contributed by atoms with van der Waals surface area (Å²) < 4.78 is 6.06. The van der Waals surface area contributed by atoms with Crippen molar-refractivity contribution in [1.29, 1.82) is 0 Å². The van der Waals surface area contributed by atoms with Crippen molar-refractivity contribution in [2.24, 2.45) is 5.92 Å². The summed E-state index contributed by atoms with van der Waals surface area (Å²) in [5, 5.41) is 0.